The van der Waals surface area contributed by atoms with Crippen LogP contribution in [0.25, 0.3) is 55.4 Å². The molecule has 2 aliphatic heterocycles. The van der Waals surface area contributed by atoms with Crippen LogP contribution in [0.15, 0.2) is 134 Å². The van der Waals surface area contributed by atoms with Crippen molar-refractivity contribution in [1.29, 1.82) is 0 Å². The Labute approximate surface area is 331 Å². The summed E-state index contributed by atoms with van der Waals surface area (Å²) in [5, 5.41) is 48.2. The summed E-state index contributed by atoms with van der Waals surface area (Å²) in [6.07, 6.45) is -2.64. The number of rotatable bonds is 5. The van der Waals surface area contributed by atoms with Crippen LogP contribution in [-0.4, -0.2) is 58.0 Å². The van der Waals surface area contributed by atoms with Crippen LogP contribution in [0.3, 0.4) is 0 Å². The summed E-state index contributed by atoms with van der Waals surface area (Å²) in [7, 11) is 0. The number of hydrogen-bond donors (Lipinski definition) is 7. The number of aromatic amines is 2. The molecule has 4 atom stereocenters. The summed E-state index contributed by atoms with van der Waals surface area (Å²) >= 11 is 0. The number of carbonyl (C=O) groups is 1. The monoisotopic (exact) mass is 768 g/mol. The maximum absolute atomic E-state index is 13.1. The summed E-state index contributed by atoms with van der Waals surface area (Å²) < 4.78 is 5.76. The van der Waals surface area contributed by atoms with Gasteiger partial charge in [-0.1, -0.05) is 60.7 Å². The molecule has 0 radical (unpaired) electrons. The fraction of sp³-hybridized carbons (Fsp3) is 0.130. The molecule has 12 nitrogen and oxygen atoms in total. The van der Waals surface area contributed by atoms with Gasteiger partial charge in [0.2, 0.25) is 0 Å². The lowest BCUT2D eigenvalue weighted by atomic mass is 9.98. The molecule has 0 spiro atoms. The molecule has 0 saturated heterocycles. The van der Waals surface area contributed by atoms with Crippen molar-refractivity contribution < 1.29 is 30.0 Å². The van der Waals surface area contributed by atoms with Crippen molar-refractivity contribution in [2.75, 3.05) is 11.9 Å². The quantitative estimate of drug-likeness (QED) is 0.0912. The molecule has 58 heavy (non-hydrogen) atoms. The first-order valence-corrected chi connectivity index (χ1v) is 18.9. The molecular weight excluding hydrogens is 733 g/mol. The minimum Gasteiger partial charge on any atom is -0.448 e. The summed E-state index contributed by atoms with van der Waals surface area (Å²) in [4.78, 5) is 33.5. The Balaban J connectivity index is 1.02. The normalized spacial score (nSPS) is 18.4. The van der Waals surface area contributed by atoms with Crippen molar-refractivity contribution >= 4 is 33.8 Å². The van der Waals surface area contributed by atoms with E-state index in [2.05, 4.69) is 44.5 Å². The molecule has 3 aliphatic rings. The van der Waals surface area contributed by atoms with Crippen molar-refractivity contribution in [2.45, 2.75) is 30.3 Å². The van der Waals surface area contributed by atoms with Gasteiger partial charge in [0.05, 0.1) is 22.8 Å². The number of aliphatic hydroxyl groups is 4. The number of hydrogen-bond acceptors (Lipinski definition) is 9. The molecule has 1 aliphatic carbocycles. The van der Waals surface area contributed by atoms with Crippen molar-refractivity contribution in [3.63, 3.8) is 0 Å². The zero-order valence-electron chi connectivity index (χ0n) is 30.7. The van der Waals surface area contributed by atoms with Crippen LogP contribution in [0.5, 0.6) is 0 Å². The van der Waals surface area contributed by atoms with Gasteiger partial charge in [-0.15, -0.1) is 0 Å². The lowest BCUT2D eigenvalue weighted by molar-refractivity contribution is 0.0256. The number of ether oxygens (including phenoxy) is 1. The second-order valence-corrected chi connectivity index (χ2v) is 14.6. The van der Waals surface area contributed by atoms with Gasteiger partial charge in [-0.3, -0.25) is 20.3 Å². The van der Waals surface area contributed by atoms with Gasteiger partial charge in [-0.25, -0.2) is 4.79 Å². The van der Waals surface area contributed by atoms with E-state index in [1.54, 1.807) is 79.1 Å². The topological polar surface area (TPSA) is 189 Å². The van der Waals surface area contributed by atoms with Crippen LogP contribution in [0.1, 0.15) is 64.2 Å². The van der Waals surface area contributed by atoms with E-state index >= 15 is 0 Å². The molecule has 4 aromatic heterocycles. The molecule has 7 N–H and O–H groups in total. The van der Waals surface area contributed by atoms with Gasteiger partial charge < -0.3 is 35.1 Å². The fourth-order valence-electron chi connectivity index (χ4n) is 8.28. The van der Waals surface area contributed by atoms with Crippen LogP contribution in [0.2, 0.25) is 0 Å². The van der Waals surface area contributed by atoms with Gasteiger partial charge in [0.1, 0.15) is 31.0 Å². The van der Waals surface area contributed by atoms with Gasteiger partial charge in [-0.2, -0.15) is 0 Å². The predicted octanol–water partition coefficient (Wildman–Crippen LogP) is 7.94. The van der Waals surface area contributed by atoms with Gasteiger partial charge in [0.15, 0.2) is 0 Å². The summed E-state index contributed by atoms with van der Waals surface area (Å²) in [6, 6.07) is 37.5. The van der Waals surface area contributed by atoms with Crippen LogP contribution in [-0.2, 0) is 4.74 Å². The fourth-order valence-corrected chi connectivity index (χ4v) is 8.28. The van der Waals surface area contributed by atoms with E-state index in [4.69, 9.17) is 14.7 Å². The highest BCUT2D eigenvalue weighted by Crippen LogP contribution is 2.45. The van der Waals surface area contributed by atoms with Crippen LogP contribution in [0.4, 0.5) is 10.5 Å². The molecular formula is C46H36N6O6. The van der Waals surface area contributed by atoms with E-state index in [0.717, 1.165) is 27.8 Å². The highest BCUT2D eigenvalue weighted by Gasteiger charge is 2.34. The third kappa shape index (κ3) is 6.12. The van der Waals surface area contributed by atoms with E-state index in [9.17, 15) is 25.2 Å². The third-order valence-electron chi connectivity index (χ3n) is 11.1. The molecule has 10 rings (SSSR count). The Morgan fingerprint density at radius 3 is 1.64 bits per heavy atom. The standard InChI is InChI=1S/C46H36N6O6/c53-42-36-22-28-14-16-35(49-28)39(25-17-19-47-20-18-25)41-45(56)43(54)37(52-41)21-27-13-15-34(48-27)38(40(51-36)44(42)55)24-9-11-26(12-10-24)50-46(57)58-23-33-31-7-3-1-5-29(31)30-6-2-4-8-32(30)33/h1-22,33,42-45,48-49,53-56H,23H2,(H,50,57). The van der Waals surface area contributed by atoms with Crippen molar-refractivity contribution in [2.24, 2.45) is 0 Å². The van der Waals surface area contributed by atoms with E-state index < -0.39 is 30.5 Å². The first kappa shape index (κ1) is 35.5. The number of anilines is 1. The molecule has 0 fully saturated rings. The molecule has 7 aromatic rings. The highest BCUT2D eigenvalue weighted by molar-refractivity contribution is 5.88. The Morgan fingerprint density at radius 2 is 1.10 bits per heavy atom. The Kier molecular flexibility index (Phi) is 8.68. The number of amides is 1. The number of benzene rings is 3. The molecule has 1 amide bonds. The maximum atomic E-state index is 13.1. The zero-order chi connectivity index (χ0) is 39.5. The average Bonchev–Trinajstić information content (AvgIpc) is 4.07. The van der Waals surface area contributed by atoms with Crippen LogP contribution in [0, 0.1) is 0 Å². The van der Waals surface area contributed by atoms with Gasteiger partial charge >= 0.3 is 6.09 Å². The number of aromatic nitrogens is 5. The molecule has 8 bridgehead atoms. The van der Waals surface area contributed by atoms with E-state index in [0.29, 0.717) is 44.4 Å². The number of nitrogens with one attached hydrogen (secondary N) is 3. The van der Waals surface area contributed by atoms with E-state index in [1.165, 1.54) is 0 Å². The minimum atomic E-state index is -1.37. The lowest BCUT2D eigenvalue weighted by Gasteiger charge is -2.15. The lowest BCUT2D eigenvalue weighted by Crippen LogP contribution is -2.17. The molecule has 12 heteroatoms. The first-order chi connectivity index (χ1) is 28.3. The average molecular weight is 769 g/mol. The zero-order valence-corrected chi connectivity index (χ0v) is 30.7. The Hall–Kier alpha value is -6.96. The molecule has 6 heterocycles. The molecule has 4 unspecified atom stereocenters. The van der Waals surface area contributed by atoms with Crippen LogP contribution < -0.4 is 5.32 Å². The summed E-state index contributed by atoms with van der Waals surface area (Å²) in [5.41, 5.74) is 10.8. The highest BCUT2D eigenvalue weighted by atomic mass is 16.5. The summed E-state index contributed by atoms with van der Waals surface area (Å²) in [6.45, 7) is 0.174. The van der Waals surface area contributed by atoms with E-state index in [-0.39, 0.29) is 35.3 Å². The van der Waals surface area contributed by atoms with Crippen molar-refractivity contribution in [3.8, 4) is 33.4 Å². The number of fused-ring (bicyclic) bond motifs is 11. The van der Waals surface area contributed by atoms with Gasteiger partial charge in [0, 0.05) is 57.2 Å². The maximum Gasteiger partial charge on any atom is 0.411 e. The van der Waals surface area contributed by atoms with Gasteiger partial charge in [-0.05, 0) is 94.0 Å². The number of nitrogens with zero attached hydrogens (tertiary/aromatic N) is 3. The van der Waals surface area contributed by atoms with E-state index in [1.807, 2.05) is 30.3 Å². The van der Waals surface area contributed by atoms with Crippen LogP contribution >= 0.6 is 0 Å². The smallest absolute Gasteiger partial charge is 0.411 e. The third-order valence-corrected chi connectivity index (χ3v) is 11.1. The number of carbonyl (C=O) groups excluding carboxylic acids is 1. The second kappa shape index (κ2) is 14.2. The molecule has 3 aromatic carbocycles. The second-order valence-electron chi connectivity index (χ2n) is 14.6. The first-order valence-electron chi connectivity index (χ1n) is 18.9. The van der Waals surface area contributed by atoms with Crippen molar-refractivity contribution in [1.82, 2.24) is 24.9 Å². The minimum absolute atomic E-state index is 0.0764. The number of aliphatic hydroxyl groups excluding tert-OH is 4. The molecule has 0 saturated carbocycles. The number of H-pyrrole nitrogens is 2. The molecule has 286 valence electrons. The van der Waals surface area contributed by atoms with Gasteiger partial charge in [0.25, 0.3) is 0 Å². The van der Waals surface area contributed by atoms with Crippen molar-refractivity contribution in [3.05, 3.63) is 168 Å². The Morgan fingerprint density at radius 1 is 0.603 bits per heavy atom. The SMILES string of the molecule is O=C(Nc1ccc(-c2c3nc(cc4ccc([nH]4)c(-c4ccncc4)c4nc(cc5ccc2[nH]5)C(O)C4O)C(O)C3O)cc1)OCC1c2ccccc2-c2ccccc21. The predicted molar refractivity (Wildman–Crippen MR) is 218 cm³/mol. The largest absolute Gasteiger partial charge is 0.448 e. The number of pyridine rings is 1. The summed E-state index contributed by atoms with van der Waals surface area (Å²) in [5.74, 6) is -0.0764. The Bertz CT molecular complexity index is 2850.